The van der Waals surface area contributed by atoms with Crippen molar-refractivity contribution in [1.82, 2.24) is 29.9 Å². The molecule has 0 aliphatic rings. The first-order valence-electron chi connectivity index (χ1n) is 5.45. The number of carbonyl (C=O) groups is 1. The molecule has 0 unspecified atom stereocenters. The summed E-state index contributed by atoms with van der Waals surface area (Å²) >= 11 is 0. The molecule has 96 valence electrons. The SMILES string of the molecule is CCOc1n[nH]c(NC(=O)CCn2cncn2)n1. The topological polar surface area (TPSA) is 111 Å². The van der Waals surface area contributed by atoms with Gasteiger partial charge in [-0.15, -0.1) is 5.10 Å². The van der Waals surface area contributed by atoms with Crippen LogP contribution in [0.1, 0.15) is 13.3 Å². The molecule has 0 saturated heterocycles. The van der Waals surface area contributed by atoms with Crippen LogP contribution in [0, 0.1) is 0 Å². The molecular formula is C9H13N7O2. The van der Waals surface area contributed by atoms with E-state index in [9.17, 15) is 4.79 Å². The summed E-state index contributed by atoms with van der Waals surface area (Å²) in [6, 6.07) is 0.212. The van der Waals surface area contributed by atoms with Gasteiger partial charge >= 0.3 is 6.01 Å². The Bertz CT molecular complexity index is 493. The summed E-state index contributed by atoms with van der Waals surface area (Å²) in [5, 5.41) is 12.8. The monoisotopic (exact) mass is 251 g/mol. The summed E-state index contributed by atoms with van der Waals surface area (Å²) in [7, 11) is 0. The van der Waals surface area contributed by atoms with Crippen molar-refractivity contribution in [2.45, 2.75) is 19.9 Å². The molecule has 0 spiro atoms. The first-order chi connectivity index (χ1) is 8.78. The summed E-state index contributed by atoms with van der Waals surface area (Å²) in [4.78, 5) is 19.3. The third kappa shape index (κ3) is 3.27. The summed E-state index contributed by atoms with van der Waals surface area (Å²) < 4.78 is 6.63. The highest BCUT2D eigenvalue weighted by Crippen LogP contribution is 2.05. The number of rotatable bonds is 6. The number of hydrogen-bond donors (Lipinski definition) is 2. The Morgan fingerprint density at radius 2 is 2.50 bits per heavy atom. The largest absolute Gasteiger partial charge is 0.463 e. The maximum absolute atomic E-state index is 11.6. The first kappa shape index (κ1) is 12.0. The fourth-order valence-electron chi connectivity index (χ4n) is 1.25. The molecule has 0 atom stereocenters. The van der Waals surface area contributed by atoms with E-state index in [-0.39, 0.29) is 24.3 Å². The zero-order chi connectivity index (χ0) is 12.8. The van der Waals surface area contributed by atoms with Crippen LogP contribution in [0.4, 0.5) is 5.95 Å². The van der Waals surface area contributed by atoms with Gasteiger partial charge in [-0.05, 0) is 6.92 Å². The van der Waals surface area contributed by atoms with Gasteiger partial charge in [0.2, 0.25) is 11.9 Å². The van der Waals surface area contributed by atoms with Crippen molar-refractivity contribution in [3.63, 3.8) is 0 Å². The summed E-state index contributed by atoms with van der Waals surface area (Å²) in [6.07, 6.45) is 3.24. The molecule has 2 heterocycles. The predicted octanol–water partition coefficient (Wildman–Crippen LogP) is -0.176. The van der Waals surface area contributed by atoms with Crippen LogP contribution in [0.15, 0.2) is 12.7 Å². The Kier molecular flexibility index (Phi) is 3.84. The number of nitrogens with zero attached hydrogens (tertiary/aromatic N) is 5. The normalized spacial score (nSPS) is 10.3. The molecule has 0 aliphatic carbocycles. The number of nitrogens with one attached hydrogen (secondary N) is 2. The van der Waals surface area contributed by atoms with Gasteiger partial charge < -0.3 is 4.74 Å². The average molecular weight is 251 g/mol. The van der Waals surface area contributed by atoms with E-state index in [1.165, 1.54) is 6.33 Å². The van der Waals surface area contributed by atoms with Gasteiger partial charge in [-0.25, -0.2) is 10.1 Å². The number of anilines is 1. The summed E-state index contributed by atoms with van der Waals surface area (Å²) in [5.74, 6) is 0.0757. The molecule has 2 N–H and O–H groups in total. The standard InChI is InChI=1S/C9H13N7O2/c1-2-18-9-13-8(14-15-9)12-7(17)3-4-16-6-10-5-11-16/h5-6H,2-4H2,1H3,(H2,12,13,14,15,17). The van der Waals surface area contributed by atoms with Crippen LogP contribution in [0.25, 0.3) is 0 Å². The van der Waals surface area contributed by atoms with Crippen molar-refractivity contribution in [3.05, 3.63) is 12.7 Å². The van der Waals surface area contributed by atoms with Gasteiger partial charge in [0, 0.05) is 6.42 Å². The summed E-state index contributed by atoms with van der Waals surface area (Å²) in [5.41, 5.74) is 0. The quantitative estimate of drug-likeness (QED) is 0.737. The van der Waals surface area contributed by atoms with E-state index in [2.05, 4.69) is 30.6 Å². The Balaban J connectivity index is 1.79. The van der Waals surface area contributed by atoms with Crippen molar-refractivity contribution >= 4 is 11.9 Å². The third-order valence-corrected chi connectivity index (χ3v) is 2.03. The fourth-order valence-corrected chi connectivity index (χ4v) is 1.25. The van der Waals surface area contributed by atoms with Crippen molar-refractivity contribution in [2.75, 3.05) is 11.9 Å². The van der Waals surface area contributed by atoms with Gasteiger partial charge in [-0.1, -0.05) is 0 Å². The molecule has 2 rings (SSSR count). The van der Waals surface area contributed by atoms with Crippen LogP contribution in [-0.2, 0) is 11.3 Å². The molecular weight excluding hydrogens is 238 g/mol. The van der Waals surface area contributed by atoms with Crippen LogP contribution in [-0.4, -0.2) is 42.5 Å². The molecule has 9 nitrogen and oxygen atoms in total. The van der Waals surface area contributed by atoms with Crippen LogP contribution in [0.3, 0.4) is 0 Å². The Morgan fingerprint density at radius 3 is 3.22 bits per heavy atom. The molecule has 9 heteroatoms. The lowest BCUT2D eigenvalue weighted by Gasteiger charge is -2.01. The molecule has 0 saturated carbocycles. The highest BCUT2D eigenvalue weighted by atomic mass is 16.5. The van der Waals surface area contributed by atoms with E-state index >= 15 is 0 Å². The number of aromatic amines is 1. The molecule has 2 aromatic heterocycles. The Morgan fingerprint density at radius 1 is 1.61 bits per heavy atom. The molecule has 0 bridgehead atoms. The highest BCUT2D eigenvalue weighted by molar-refractivity contribution is 5.88. The minimum absolute atomic E-state index is 0.190. The van der Waals surface area contributed by atoms with Gasteiger partial charge in [-0.3, -0.25) is 14.8 Å². The van der Waals surface area contributed by atoms with E-state index in [0.717, 1.165) is 0 Å². The van der Waals surface area contributed by atoms with Crippen molar-refractivity contribution in [2.24, 2.45) is 0 Å². The van der Waals surface area contributed by atoms with E-state index < -0.39 is 0 Å². The zero-order valence-electron chi connectivity index (χ0n) is 9.83. The van der Waals surface area contributed by atoms with E-state index in [1.54, 1.807) is 11.0 Å². The molecule has 2 aromatic rings. The smallest absolute Gasteiger partial charge is 0.337 e. The first-order valence-corrected chi connectivity index (χ1v) is 5.45. The number of ether oxygens (including phenoxy) is 1. The Labute approximate surface area is 103 Å². The minimum Gasteiger partial charge on any atom is -0.463 e. The number of H-pyrrole nitrogens is 1. The maximum atomic E-state index is 11.6. The number of hydrogen-bond acceptors (Lipinski definition) is 6. The second kappa shape index (κ2) is 5.75. The van der Waals surface area contributed by atoms with Gasteiger partial charge in [0.25, 0.3) is 0 Å². The summed E-state index contributed by atoms with van der Waals surface area (Å²) in [6.45, 7) is 2.75. The van der Waals surface area contributed by atoms with E-state index in [0.29, 0.717) is 13.2 Å². The molecule has 1 amide bonds. The minimum atomic E-state index is -0.190. The number of aromatic nitrogens is 6. The van der Waals surface area contributed by atoms with Crippen LogP contribution >= 0.6 is 0 Å². The fraction of sp³-hybridized carbons (Fsp3) is 0.444. The molecule has 0 radical (unpaired) electrons. The van der Waals surface area contributed by atoms with Gasteiger partial charge in [0.1, 0.15) is 12.7 Å². The second-order valence-electron chi connectivity index (χ2n) is 3.36. The van der Waals surface area contributed by atoms with E-state index in [1.807, 2.05) is 6.92 Å². The number of aryl methyl sites for hydroxylation is 1. The number of carbonyl (C=O) groups excluding carboxylic acids is 1. The molecule has 0 aromatic carbocycles. The lowest BCUT2D eigenvalue weighted by Crippen LogP contribution is -2.15. The van der Waals surface area contributed by atoms with Crippen LogP contribution in [0.2, 0.25) is 0 Å². The van der Waals surface area contributed by atoms with Gasteiger partial charge in [-0.2, -0.15) is 10.1 Å². The Hall–Kier alpha value is -2.45. The maximum Gasteiger partial charge on any atom is 0.337 e. The lowest BCUT2D eigenvalue weighted by atomic mass is 10.4. The van der Waals surface area contributed by atoms with Gasteiger partial charge in [0.15, 0.2) is 0 Å². The van der Waals surface area contributed by atoms with Crippen LogP contribution < -0.4 is 10.1 Å². The zero-order valence-corrected chi connectivity index (χ0v) is 9.83. The average Bonchev–Trinajstić information content (AvgIpc) is 2.99. The molecule has 18 heavy (non-hydrogen) atoms. The van der Waals surface area contributed by atoms with Crippen LogP contribution in [0.5, 0.6) is 6.01 Å². The van der Waals surface area contributed by atoms with Crippen molar-refractivity contribution < 1.29 is 9.53 Å². The predicted molar refractivity (Wildman–Crippen MR) is 60.8 cm³/mol. The molecule has 0 fully saturated rings. The number of amides is 1. The van der Waals surface area contributed by atoms with Gasteiger partial charge in [0.05, 0.1) is 13.2 Å². The third-order valence-electron chi connectivity index (χ3n) is 2.03. The second-order valence-corrected chi connectivity index (χ2v) is 3.36. The molecule has 0 aliphatic heterocycles. The van der Waals surface area contributed by atoms with Crippen molar-refractivity contribution in [3.8, 4) is 6.01 Å². The highest BCUT2D eigenvalue weighted by Gasteiger charge is 2.07. The lowest BCUT2D eigenvalue weighted by molar-refractivity contribution is -0.116. The van der Waals surface area contributed by atoms with Crippen molar-refractivity contribution in [1.29, 1.82) is 0 Å². The van der Waals surface area contributed by atoms with E-state index in [4.69, 9.17) is 4.74 Å².